The zero-order valence-electron chi connectivity index (χ0n) is 17.8. The van der Waals surface area contributed by atoms with Crippen molar-refractivity contribution in [3.05, 3.63) is 59.2 Å². The van der Waals surface area contributed by atoms with Crippen molar-refractivity contribution in [2.24, 2.45) is 0 Å². The van der Waals surface area contributed by atoms with Crippen LogP contribution < -0.4 is 14.8 Å². The molecule has 2 aromatic carbocycles. The minimum Gasteiger partial charge on any atom is -0.493 e. The van der Waals surface area contributed by atoms with Crippen LogP contribution in [0.2, 0.25) is 0 Å². The van der Waals surface area contributed by atoms with E-state index >= 15 is 0 Å². The number of methoxy groups -OCH3 is 3. The molecule has 1 aliphatic heterocycles. The number of rotatable bonds is 8. The number of benzene rings is 2. The molecular formula is C23H28N2O5. The lowest BCUT2D eigenvalue weighted by Gasteiger charge is -2.40. The van der Waals surface area contributed by atoms with Crippen molar-refractivity contribution in [1.29, 1.82) is 0 Å². The SMILES string of the molecule is COCCCNC(=O)C1c2ccccc2C(=O)N(C)C1c1ccc(OC)c(OC)c1. The highest BCUT2D eigenvalue weighted by Crippen LogP contribution is 2.43. The predicted molar refractivity (Wildman–Crippen MR) is 113 cm³/mol. The van der Waals surface area contributed by atoms with Crippen LogP contribution in [0.5, 0.6) is 11.5 Å². The van der Waals surface area contributed by atoms with Crippen molar-refractivity contribution < 1.29 is 23.8 Å². The second-order valence-corrected chi connectivity index (χ2v) is 7.18. The maximum absolute atomic E-state index is 13.3. The van der Waals surface area contributed by atoms with Gasteiger partial charge in [0.25, 0.3) is 5.91 Å². The van der Waals surface area contributed by atoms with Crippen LogP contribution in [0.25, 0.3) is 0 Å². The zero-order chi connectivity index (χ0) is 21.7. The van der Waals surface area contributed by atoms with Crippen molar-refractivity contribution in [3.8, 4) is 11.5 Å². The van der Waals surface area contributed by atoms with Gasteiger partial charge >= 0.3 is 0 Å². The Morgan fingerprint density at radius 3 is 2.50 bits per heavy atom. The summed E-state index contributed by atoms with van der Waals surface area (Å²) in [6, 6.07) is 12.3. The minimum absolute atomic E-state index is 0.117. The van der Waals surface area contributed by atoms with E-state index in [1.807, 2.05) is 30.3 Å². The van der Waals surface area contributed by atoms with E-state index in [9.17, 15) is 9.59 Å². The van der Waals surface area contributed by atoms with Gasteiger partial charge in [-0.25, -0.2) is 0 Å². The summed E-state index contributed by atoms with van der Waals surface area (Å²) < 4.78 is 15.8. The normalized spacial score (nSPS) is 18.0. The molecule has 1 aliphatic rings. The number of fused-ring (bicyclic) bond motifs is 1. The second kappa shape index (κ2) is 9.63. The van der Waals surface area contributed by atoms with Crippen LogP contribution in [0.4, 0.5) is 0 Å². The number of hydrogen-bond donors (Lipinski definition) is 1. The molecule has 0 radical (unpaired) electrons. The quantitative estimate of drug-likeness (QED) is 0.675. The molecule has 3 rings (SSSR count). The average molecular weight is 412 g/mol. The van der Waals surface area contributed by atoms with E-state index in [0.29, 0.717) is 36.6 Å². The largest absolute Gasteiger partial charge is 0.493 e. The molecule has 0 spiro atoms. The molecule has 2 amide bonds. The standard InChI is InChI=1S/C23H28N2O5/c1-25-21(15-10-11-18(29-3)19(14-15)30-4)20(22(26)24-12-7-13-28-2)16-8-5-6-9-17(16)23(25)27/h5-6,8-11,14,20-21H,7,12-13H2,1-4H3,(H,24,26). The van der Waals surface area contributed by atoms with Gasteiger partial charge in [-0.3, -0.25) is 9.59 Å². The molecule has 0 saturated heterocycles. The summed E-state index contributed by atoms with van der Waals surface area (Å²) in [4.78, 5) is 28.0. The lowest BCUT2D eigenvalue weighted by Crippen LogP contribution is -2.45. The molecule has 0 fully saturated rings. The summed E-state index contributed by atoms with van der Waals surface area (Å²) in [6.07, 6.45) is 0.715. The Balaban J connectivity index is 2.04. The van der Waals surface area contributed by atoms with Gasteiger partial charge in [0.1, 0.15) is 0 Å². The molecule has 2 unspecified atom stereocenters. The molecule has 0 saturated carbocycles. The van der Waals surface area contributed by atoms with Gasteiger partial charge in [-0.15, -0.1) is 0 Å². The lowest BCUT2D eigenvalue weighted by atomic mass is 9.79. The number of carbonyl (C=O) groups excluding carboxylic acids is 2. The molecule has 0 aromatic heterocycles. The first-order valence-electron chi connectivity index (χ1n) is 9.88. The summed E-state index contributed by atoms with van der Waals surface area (Å²) in [6.45, 7) is 1.07. The molecular weight excluding hydrogens is 384 g/mol. The van der Waals surface area contributed by atoms with Gasteiger partial charge in [0.15, 0.2) is 11.5 Å². The van der Waals surface area contributed by atoms with Gasteiger partial charge < -0.3 is 24.4 Å². The van der Waals surface area contributed by atoms with Crippen LogP contribution in [0.15, 0.2) is 42.5 Å². The highest BCUT2D eigenvalue weighted by Gasteiger charge is 2.42. The van der Waals surface area contributed by atoms with E-state index < -0.39 is 12.0 Å². The number of amides is 2. The number of ether oxygens (including phenoxy) is 3. The third kappa shape index (κ3) is 4.11. The first-order chi connectivity index (χ1) is 14.5. The summed E-state index contributed by atoms with van der Waals surface area (Å²) in [7, 11) is 6.49. The van der Waals surface area contributed by atoms with Gasteiger partial charge in [-0.1, -0.05) is 24.3 Å². The maximum Gasteiger partial charge on any atom is 0.254 e. The van der Waals surface area contributed by atoms with E-state index in [4.69, 9.17) is 14.2 Å². The van der Waals surface area contributed by atoms with Gasteiger partial charge in [0.05, 0.1) is 26.2 Å². The van der Waals surface area contributed by atoms with Gasteiger partial charge in [-0.2, -0.15) is 0 Å². The average Bonchev–Trinajstić information content (AvgIpc) is 2.78. The van der Waals surface area contributed by atoms with E-state index in [2.05, 4.69) is 5.32 Å². The molecule has 7 heteroatoms. The van der Waals surface area contributed by atoms with Gasteiger partial charge in [0.2, 0.25) is 5.91 Å². The van der Waals surface area contributed by atoms with Gasteiger partial charge in [0, 0.05) is 32.9 Å². The Bertz CT molecular complexity index is 914. The zero-order valence-corrected chi connectivity index (χ0v) is 17.8. The van der Waals surface area contributed by atoms with Crippen molar-refractivity contribution in [1.82, 2.24) is 10.2 Å². The summed E-state index contributed by atoms with van der Waals surface area (Å²) >= 11 is 0. The predicted octanol–water partition coefficient (Wildman–Crippen LogP) is 2.77. The Hall–Kier alpha value is -3.06. The molecule has 1 N–H and O–H groups in total. The highest BCUT2D eigenvalue weighted by molar-refractivity contribution is 6.01. The molecule has 2 atom stereocenters. The van der Waals surface area contributed by atoms with Gasteiger partial charge in [-0.05, 0) is 35.7 Å². The van der Waals surface area contributed by atoms with Crippen molar-refractivity contribution in [2.45, 2.75) is 18.4 Å². The third-order valence-electron chi connectivity index (χ3n) is 5.44. The van der Waals surface area contributed by atoms with Crippen molar-refractivity contribution in [2.75, 3.05) is 41.5 Å². The van der Waals surface area contributed by atoms with E-state index in [-0.39, 0.29) is 11.8 Å². The number of hydrogen-bond acceptors (Lipinski definition) is 5. The number of nitrogens with one attached hydrogen (secondary N) is 1. The number of likely N-dealkylation sites (N-methyl/N-ethyl adjacent to an activating group) is 1. The van der Waals surface area contributed by atoms with E-state index in [1.165, 1.54) is 0 Å². The molecule has 1 heterocycles. The Kier molecular flexibility index (Phi) is 6.95. The Labute approximate surface area is 176 Å². The molecule has 160 valence electrons. The summed E-state index contributed by atoms with van der Waals surface area (Å²) in [5.74, 6) is 0.344. The fourth-order valence-electron chi connectivity index (χ4n) is 3.95. The van der Waals surface area contributed by atoms with Crippen LogP contribution in [0, 0.1) is 0 Å². The summed E-state index contributed by atoms with van der Waals surface area (Å²) in [5.41, 5.74) is 2.08. The second-order valence-electron chi connectivity index (χ2n) is 7.18. The lowest BCUT2D eigenvalue weighted by molar-refractivity contribution is -0.124. The molecule has 30 heavy (non-hydrogen) atoms. The van der Waals surface area contributed by atoms with Crippen LogP contribution in [0.3, 0.4) is 0 Å². The monoisotopic (exact) mass is 412 g/mol. The van der Waals surface area contributed by atoms with Crippen molar-refractivity contribution >= 4 is 11.8 Å². The van der Waals surface area contributed by atoms with Crippen LogP contribution in [0.1, 0.15) is 39.9 Å². The minimum atomic E-state index is -0.551. The molecule has 0 aliphatic carbocycles. The summed E-state index contributed by atoms with van der Waals surface area (Å²) in [5, 5.41) is 3.00. The fourth-order valence-corrected chi connectivity index (χ4v) is 3.95. The number of carbonyl (C=O) groups is 2. The third-order valence-corrected chi connectivity index (χ3v) is 5.44. The van der Waals surface area contributed by atoms with Crippen LogP contribution in [-0.2, 0) is 9.53 Å². The molecule has 7 nitrogen and oxygen atoms in total. The first-order valence-corrected chi connectivity index (χ1v) is 9.88. The number of nitrogens with zero attached hydrogens (tertiary/aromatic N) is 1. The first kappa shape index (κ1) is 21.6. The van der Waals surface area contributed by atoms with Crippen LogP contribution >= 0.6 is 0 Å². The van der Waals surface area contributed by atoms with Crippen LogP contribution in [-0.4, -0.2) is 58.2 Å². The van der Waals surface area contributed by atoms with E-state index in [0.717, 1.165) is 11.1 Å². The highest BCUT2D eigenvalue weighted by atomic mass is 16.5. The maximum atomic E-state index is 13.3. The van der Waals surface area contributed by atoms with Crippen molar-refractivity contribution in [3.63, 3.8) is 0 Å². The van der Waals surface area contributed by atoms with E-state index in [1.54, 1.807) is 45.4 Å². The fraction of sp³-hybridized carbons (Fsp3) is 0.391. The Morgan fingerprint density at radius 1 is 1.07 bits per heavy atom. The molecule has 0 bridgehead atoms. The topological polar surface area (TPSA) is 77.1 Å². The molecule has 2 aromatic rings. The smallest absolute Gasteiger partial charge is 0.254 e. The Morgan fingerprint density at radius 2 is 1.80 bits per heavy atom.